The van der Waals surface area contributed by atoms with Crippen molar-refractivity contribution in [2.24, 2.45) is 4.99 Å². The summed E-state index contributed by atoms with van der Waals surface area (Å²) in [5, 5.41) is 18.7. The monoisotopic (exact) mass is 455 g/mol. The third-order valence-corrected chi connectivity index (χ3v) is 6.38. The smallest absolute Gasteiger partial charge is 0.219 e. The molecule has 4 aromatic rings. The van der Waals surface area contributed by atoms with Crippen molar-refractivity contribution in [1.29, 1.82) is 5.41 Å². The standard InChI is InChI=1S/C25H25N7O2/c1-15(33)32-7-5-18(6-8-32)28-11-17(10-26)21-13-29-25(27)24-20(21)9-23(34-24)19-4-2-3-16-12-30-31-14-22(16)19/h2-4,9-14,17-18,26H,5-8H2,1H3,(H2,27,29). The van der Waals surface area contributed by atoms with E-state index in [4.69, 9.17) is 20.6 Å². The number of nitrogens with one attached hydrogen (secondary N) is 1. The Morgan fingerprint density at radius 2 is 2.03 bits per heavy atom. The fourth-order valence-corrected chi connectivity index (χ4v) is 4.46. The summed E-state index contributed by atoms with van der Waals surface area (Å²) < 4.78 is 6.16. The Hall–Kier alpha value is -4.14. The molecule has 4 heterocycles. The number of amides is 1. The molecular formula is C25H25N7O2. The van der Waals surface area contributed by atoms with Crippen LogP contribution in [0.2, 0.25) is 0 Å². The number of anilines is 1. The van der Waals surface area contributed by atoms with Gasteiger partial charge in [-0.1, -0.05) is 18.2 Å². The van der Waals surface area contributed by atoms with Crippen LogP contribution in [-0.4, -0.2) is 57.5 Å². The lowest BCUT2D eigenvalue weighted by Crippen LogP contribution is -2.38. The highest BCUT2D eigenvalue weighted by molar-refractivity contribution is 6.02. The summed E-state index contributed by atoms with van der Waals surface area (Å²) in [4.78, 5) is 22.5. The zero-order valence-corrected chi connectivity index (χ0v) is 18.8. The third kappa shape index (κ3) is 4.00. The van der Waals surface area contributed by atoms with Gasteiger partial charge in [-0.25, -0.2) is 4.98 Å². The van der Waals surface area contributed by atoms with Crippen molar-refractivity contribution in [3.8, 4) is 11.3 Å². The SMILES string of the molecule is CC(=O)N1CCC(N=CC(C=N)c2cnc(N)c3oc(-c4cccc5cnncc45)cc23)CC1. The summed E-state index contributed by atoms with van der Waals surface area (Å²) in [5.41, 5.74) is 8.32. The molecular weight excluding hydrogens is 430 g/mol. The van der Waals surface area contributed by atoms with E-state index in [-0.39, 0.29) is 17.9 Å². The van der Waals surface area contributed by atoms with Crippen LogP contribution in [0.25, 0.3) is 33.1 Å². The number of pyridine rings is 1. The molecule has 9 heteroatoms. The maximum Gasteiger partial charge on any atom is 0.219 e. The van der Waals surface area contributed by atoms with Crippen LogP contribution in [-0.2, 0) is 4.79 Å². The minimum atomic E-state index is -0.370. The summed E-state index contributed by atoms with van der Waals surface area (Å²) in [6, 6.07) is 7.95. The molecule has 3 aromatic heterocycles. The second-order valence-electron chi connectivity index (χ2n) is 8.48. The molecule has 1 fully saturated rings. The molecule has 0 aliphatic carbocycles. The number of nitrogens with zero attached hydrogens (tertiary/aromatic N) is 5. The third-order valence-electron chi connectivity index (χ3n) is 6.38. The predicted octanol–water partition coefficient (Wildman–Crippen LogP) is 3.84. The number of hydrogen-bond donors (Lipinski definition) is 2. The summed E-state index contributed by atoms with van der Waals surface area (Å²) in [6.45, 7) is 3.01. The van der Waals surface area contributed by atoms with Crippen molar-refractivity contribution in [3.05, 3.63) is 48.4 Å². The molecule has 1 amide bonds. The highest BCUT2D eigenvalue weighted by atomic mass is 16.3. The van der Waals surface area contributed by atoms with Crippen LogP contribution in [0.3, 0.4) is 0 Å². The molecule has 1 saturated heterocycles. The molecule has 0 spiro atoms. The average molecular weight is 456 g/mol. The van der Waals surface area contributed by atoms with Gasteiger partial charge in [0.15, 0.2) is 11.4 Å². The lowest BCUT2D eigenvalue weighted by atomic mass is 9.98. The summed E-state index contributed by atoms with van der Waals surface area (Å²) in [7, 11) is 0. The van der Waals surface area contributed by atoms with Gasteiger partial charge in [0.25, 0.3) is 0 Å². The van der Waals surface area contributed by atoms with E-state index in [0.29, 0.717) is 30.3 Å². The lowest BCUT2D eigenvalue weighted by molar-refractivity contribution is -0.129. The molecule has 1 aliphatic heterocycles. The van der Waals surface area contributed by atoms with Crippen LogP contribution in [0, 0.1) is 5.41 Å². The van der Waals surface area contributed by atoms with Gasteiger partial charge in [0.2, 0.25) is 5.91 Å². The number of rotatable bonds is 5. The lowest BCUT2D eigenvalue weighted by Gasteiger charge is -2.29. The van der Waals surface area contributed by atoms with Crippen molar-refractivity contribution < 1.29 is 9.21 Å². The maximum atomic E-state index is 11.6. The number of aliphatic imine (C=N–C) groups is 1. The van der Waals surface area contributed by atoms with Gasteiger partial charge in [0.1, 0.15) is 5.76 Å². The fraction of sp³-hybridized carbons (Fsp3) is 0.280. The number of nitrogens with two attached hydrogens (primary N) is 1. The average Bonchev–Trinajstić information content (AvgIpc) is 3.32. The molecule has 34 heavy (non-hydrogen) atoms. The first kappa shape index (κ1) is 21.7. The van der Waals surface area contributed by atoms with E-state index < -0.39 is 0 Å². The molecule has 5 rings (SSSR count). The zero-order chi connectivity index (χ0) is 23.7. The normalized spacial score (nSPS) is 15.9. The van der Waals surface area contributed by atoms with E-state index in [1.165, 1.54) is 6.21 Å². The van der Waals surface area contributed by atoms with E-state index in [1.807, 2.05) is 29.2 Å². The van der Waals surface area contributed by atoms with Crippen molar-refractivity contribution in [2.45, 2.75) is 31.7 Å². The first-order valence-electron chi connectivity index (χ1n) is 11.2. The second-order valence-corrected chi connectivity index (χ2v) is 8.48. The van der Waals surface area contributed by atoms with E-state index in [2.05, 4.69) is 15.2 Å². The van der Waals surface area contributed by atoms with E-state index in [9.17, 15) is 4.79 Å². The highest BCUT2D eigenvalue weighted by Crippen LogP contribution is 2.36. The largest absolute Gasteiger partial charge is 0.452 e. The number of carbonyl (C=O) groups excluding carboxylic acids is 1. The van der Waals surface area contributed by atoms with E-state index >= 15 is 0 Å². The molecule has 172 valence electrons. The van der Waals surface area contributed by atoms with Gasteiger partial charge < -0.3 is 20.5 Å². The maximum absolute atomic E-state index is 11.6. The Morgan fingerprint density at radius 3 is 2.79 bits per heavy atom. The van der Waals surface area contributed by atoms with Crippen LogP contribution in [0.15, 0.2) is 52.3 Å². The molecule has 1 aromatic carbocycles. The van der Waals surface area contributed by atoms with Gasteiger partial charge in [-0.2, -0.15) is 10.2 Å². The molecule has 1 atom stereocenters. The van der Waals surface area contributed by atoms with Gasteiger partial charge in [-0.15, -0.1) is 0 Å². The quantitative estimate of drug-likeness (QED) is 0.439. The zero-order valence-electron chi connectivity index (χ0n) is 18.8. The van der Waals surface area contributed by atoms with Crippen molar-refractivity contribution in [2.75, 3.05) is 18.8 Å². The number of benzene rings is 1. The summed E-state index contributed by atoms with van der Waals surface area (Å²) in [5.74, 6) is 0.670. The van der Waals surface area contributed by atoms with Gasteiger partial charge in [-0.3, -0.25) is 9.79 Å². The predicted molar refractivity (Wildman–Crippen MR) is 132 cm³/mol. The number of piperidine rings is 1. The number of likely N-dealkylation sites (tertiary alicyclic amines) is 1. The van der Waals surface area contributed by atoms with Gasteiger partial charge in [0.05, 0.1) is 24.4 Å². The van der Waals surface area contributed by atoms with Crippen molar-refractivity contribution in [3.63, 3.8) is 0 Å². The molecule has 9 nitrogen and oxygen atoms in total. The molecule has 3 N–H and O–H groups in total. The molecule has 1 unspecified atom stereocenters. The Morgan fingerprint density at radius 1 is 1.24 bits per heavy atom. The minimum absolute atomic E-state index is 0.101. The van der Waals surface area contributed by atoms with Crippen molar-refractivity contribution >= 4 is 45.9 Å². The number of nitrogen functional groups attached to an aromatic ring is 1. The number of furan rings is 1. The van der Waals surface area contributed by atoms with Gasteiger partial charge in [-0.05, 0) is 24.5 Å². The van der Waals surface area contributed by atoms with Crippen LogP contribution in [0.5, 0.6) is 0 Å². The van der Waals surface area contributed by atoms with Crippen LogP contribution in [0.4, 0.5) is 5.82 Å². The topological polar surface area (TPSA) is 134 Å². The Labute approximate surface area is 196 Å². The van der Waals surface area contributed by atoms with Crippen LogP contribution >= 0.6 is 0 Å². The first-order valence-corrected chi connectivity index (χ1v) is 11.2. The molecule has 0 saturated carbocycles. The minimum Gasteiger partial charge on any atom is -0.452 e. The Bertz CT molecular complexity index is 1400. The number of carbonyl (C=O) groups is 1. The van der Waals surface area contributed by atoms with Crippen molar-refractivity contribution in [1.82, 2.24) is 20.1 Å². The number of hydrogen-bond acceptors (Lipinski definition) is 8. The highest BCUT2D eigenvalue weighted by Gasteiger charge is 2.22. The Kier molecular flexibility index (Phi) is 5.75. The van der Waals surface area contributed by atoms with Gasteiger partial charge in [0, 0.05) is 60.4 Å². The summed E-state index contributed by atoms with van der Waals surface area (Å²) in [6.07, 6.45) is 9.89. The fourth-order valence-electron chi connectivity index (χ4n) is 4.46. The Balaban J connectivity index is 1.49. The summed E-state index contributed by atoms with van der Waals surface area (Å²) >= 11 is 0. The van der Waals surface area contributed by atoms with Crippen LogP contribution < -0.4 is 5.73 Å². The number of aromatic nitrogens is 3. The molecule has 0 bridgehead atoms. The molecule has 0 radical (unpaired) electrons. The van der Waals surface area contributed by atoms with Crippen LogP contribution in [0.1, 0.15) is 31.2 Å². The first-order chi connectivity index (χ1) is 16.5. The van der Waals surface area contributed by atoms with E-state index in [0.717, 1.165) is 40.1 Å². The van der Waals surface area contributed by atoms with Gasteiger partial charge >= 0.3 is 0 Å². The number of fused-ring (bicyclic) bond motifs is 2. The van der Waals surface area contributed by atoms with E-state index in [1.54, 1.807) is 31.7 Å². The molecule has 1 aliphatic rings. The second kappa shape index (κ2) is 9.01.